The summed E-state index contributed by atoms with van der Waals surface area (Å²) in [7, 11) is -2.90. The topological polar surface area (TPSA) is 70.6 Å². The molecule has 1 saturated carbocycles. The number of guanidine groups is 1. The van der Waals surface area contributed by atoms with Crippen molar-refractivity contribution >= 4 is 39.8 Å². The lowest BCUT2D eigenvalue weighted by Crippen LogP contribution is -2.42. The van der Waals surface area contributed by atoms with Crippen molar-refractivity contribution in [1.29, 1.82) is 0 Å². The quantitative estimate of drug-likeness (QED) is 0.261. The molecule has 5 nitrogen and oxygen atoms in total. The molecule has 142 valence electrons. The van der Waals surface area contributed by atoms with E-state index in [2.05, 4.69) is 34.9 Å². The number of hydrogen-bond acceptors (Lipinski definition) is 3. The molecular weight excluding hydrogens is 449 g/mol. The second kappa shape index (κ2) is 10.4. The summed E-state index contributed by atoms with van der Waals surface area (Å²) in [5.41, 5.74) is 1.53. The van der Waals surface area contributed by atoms with Crippen molar-refractivity contribution in [3.8, 4) is 0 Å². The maximum Gasteiger partial charge on any atom is 0.191 e. The smallest absolute Gasteiger partial charge is 0.191 e. The lowest BCUT2D eigenvalue weighted by molar-refractivity contribution is 0.253. The Balaban J connectivity index is 0.00000312. The van der Waals surface area contributed by atoms with Gasteiger partial charge in [0.15, 0.2) is 5.96 Å². The molecule has 0 amide bonds. The maximum atomic E-state index is 11.2. The molecule has 0 aliphatic heterocycles. The SMILES string of the molecule is CCNC(=NCC1(c2ccccc2)CCC1)NCCCS(C)(=O)=O.I. The first kappa shape index (κ1) is 22.2. The standard InChI is InChI=1S/C18H29N3O2S.HI/c1-3-19-17(20-13-8-14-24(2,22)23)21-15-18(11-7-12-18)16-9-5-4-6-10-16;/h4-6,9-10H,3,7-8,11-15H2,1-2H3,(H2,19,20,21);1H. The number of nitrogens with one attached hydrogen (secondary N) is 2. The van der Waals surface area contributed by atoms with Crippen LogP contribution < -0.4 is 10.6 Å². The van der Waals surface area contributed by atoms with E-state index >= 15 is 0 Å². The Kier molecular flexibility index (Phi) is 9.20. The minimum atomic E-state index is -2.90. The molecule has 7 heteroatoms. The van der Waals surface area contributed by atoms with Crippen molar-refractivity contribution in [2.24, 2.45) is 4.99 Å². The van der Waals surface area contributed by atoms with Gasteiger partial charge in [0.2, 0.25) is 0 Å². The van der Waals surface area contributed by atoms with Crippen LogP contribution >= 0.6 is 24.0 Å². The largest absolute Gasteiger partial charge is 0.357 e. The Labute approximate surface area is 169 Å². The van der Waals surface area contributed by atoms with Gasteiger partial charge in [-0.15, -0.1) is 24.0 Å². The third-order valence-electron chi connectivity index (χ3n) is 4.57. The highest BCUT2D eigenvalue weighted by Gasteiger charge is 2.38. The van der Waals surface area contributed by atoms with Crippen molar-refractivity contribution in [3.05, 3.63) is 35.9 Å². The van der Waals surface area contributed by atoms with E-state index in [1.54, 1.807) is 0 Å². The Morgan fingerprint density at radius 3 is 2.40 bits per heavy atom. The molecule has 0 heterocycles. The van der Waals surface area contributed by atoms with E-state index < -0.39 is 9.84 Å². The molecule has 2 N–H and O–H groups in total. The molecule has 1 aliphatic carbocycles. The van der Waals surface area contributed by atoms with Gasteiger partial charge < -0.3 is 10.6 Å². The third kappa shape index (κ3) is 7.13. The summed E-state index contributed by atoms with van der Waals surface area (Å²) in [6.07, 6.45) is 5.46. The van der Waals surface area contributed by atoms with Gasteiger partial charge in [0.1, 0.15) is 9.84 Å². The third-order valence-corrected chi connectivity index (χ3v) is 5.60. The van der Waals surface area contributed by atoms with Crippen LogP contribution in [0.3, 0.4) is 0 Å². The van der Waals surface area contributed by atoms with E-state index in [-0.39, 0.29) is 35.1 Å². The van der Waals surface area contributed by atoms with E-state index in [1.165, 1.54) is 31.1 Å². The van der Waals surface area contributed by atoms with Gasteiger partial charge in [0, 0.05) is 24.8 Å². The monoisotopic (exact) mass is 479 g/mol. The van der Waals surface area contributed by atoms with E-state index in [1.807, 2.05) is 13.0 Å². The van der Waals surface area contributed by atoms with Crippen molar-refractivity contribution in [2.45, 2.75) is 38.0 Å². The second-order valence-corrected chi connectivity index (χ2v) is 8.87. The number of halogens is 1. The summed E-state index contributed by atoms with van der Waals surface area (Å²) in [6, 6.07) is 10.6. The highest BCUT2D eigenvalue weighted by atomic mass is 127. The molecule has 1 fully saturated rings. The van der Waals surface area contributed by atoms with Crippen LogP contribution in [0.15, 0.2) is 35.3 Å². The molecule has 2 rings (SSSR count). The van der Waals surface area contributed by atoms with Crippen LogP contribution in [0.1, 0.15) is 38.2 Å². The van der Waals surface area contributed by atoms with Gasteiger partial charge >= 0.3 is 0 Å². The van der Waals surface area contributed by atoms with E-state index in [0.717, 1.165) is 19.0 Å². The minimum Gasteiger partial charge on any atom is -0.357 e. The van der Waals surface area contributed by atoms with E-state index in [0.29, 0.717) is 13.0 Å². The zero-order chi connectivity index (χ0) is 17.5. The van der Waals surface area contributed by atoms with Crippen LogP contribution in [0.4, 0.5) is 0 Å². The highest BCUT2D eigenvalue weighted by Crippen LogP contribution is 2.43. The summed E-state index contributed by atoms with van der Waals surface area (Å²) >= 11 is 0. The number of aliphatic imine (C=N–C) groups is 1. The average molecular weight is 479 g/mol. The summed E-state index contributed by atoms with van der Waals surface area (Å²) in [5.74, 6) is 0.973. The molecule has 1 aromatic rings. The molecule has 0 atom stereocenters. The van der Waals surface area contributed by atoms with Gasteiger partial charge in [-0.3, -0.25) is 4.99 Å². The van der Waals surface area contributed by atoms with Crippen molar-refractivity contribution in [1.82, 2.24) is 10.6 Å². The van der Waals surface area contributed by atoms with Crippen molar-refractivity contribution in [3.63, 3.8) is 0 Å². The zero-order valence-corrected chi connectivity index (χ0v) is 18.3. The zero-order valence-electron chi connectivity index (χ0n) is 15.1. The second-order valence-electron chi connectivity index (χ2n) is 6.61. The number of nitrogens with zero attached hydrogens (tertiary/aromatic N) is 1. The van der Waals surface area contributed by atoms with Gasteiger partial charge in [-0.1, -0.05) is 36.8 Å². The fourth-order valence-corrected chi connectivity index (χ4v) is 3.72. The van der Waals surface area contributed by atoms with Gasteiger partial charge in [-0.05, 0) is 31.7 Å². The van der Waals surface area contributed by atoms with Crippen LogP contribution in [-0.4, -0.2) is 46.0 Å². The van der Waals surface area contributed by atoms with Gasteiger partial charge in [0.25, 0.3) is 0 Å². The lowest BCUT2D eigenvalue weighted by Gasteiger charge is -2.41. The molecule has 0 unspecified atom stereocenters. The van der Waals surface area contributed by atoms with Gasteiger partial charge in [-0.25, -0.2) is 8.42 Å². The van der Waals surface area contributed by atoms with Gasteiger partial charge in [-0.2, -0.15) is 0 Å². The fraction of sp³-hybridized carbons (Fsp3) is 0.611. The molecule has 25 heavy (non-hydrogen) atoms. The van der Waals surface area contributed by atoms with E-state index in [4.69, 9.17) is 4.99 Å². The predicted octanol–water partition coefficient (Wildman–Crippen LogP) is 2.72. The summed E-state index contributed by atoms with van der Waals surface area (Å²) in [5, 5.41) is 6.48. The molecule has 1 aromatic carbocycles. The van der Waals surface area contributed by atoms with Crippen molar-refractivity contribution < 1.29 is 8.42 Å². The molecule has 0 radical (unpaired) electrons. The molecule has 1 aliphatic rings. The molecule has 0 spiro atoms. The predicted molar refractivity (Wildman–Crippen MR) is 116 cm³/mol. The maximum absolute atomic E-state index is 11.2. The highest BCUT2D eigenvalue weighted by molar-refractivity contribution is 14.0. The van der Waals surface area contributed by atoms with Gasteiger partial charge in [0.05, 0.1) is 12.3 Å². The van der Waals surface area contributed by atoms with Crippen LogP contribution in [0.25, 0.3) is 0 Å². The first-order valence-electron chi connectivity index (χ1n) is 8.71. The molecule has 0 bridgehead atoms. The number of sulfone groups is 1. The van der Waals surface area contributed by atoms with Crippen LogP contribution in [0, 0.1) is 0 Å². The Morgan fingerprint density at radius 1 is 1.20 bits per heavy atom. The normalized spacial score (nSPS) is 16.5. The van der Waals surface area contributed by atoms with Crippen molar-refractivity contribution in [2.75, 3.05) is 31.6 Å². The Bertz CT molecular complexity index is 644. The minimum absolute atomic E-state index is 0. The number of rotatable bonds is 8. The number of benzene rings is 1. The van der Waals surface area contributed by atoms with Crippen LogP contribution in [0.2, 0.25) is 0 Å². The average Bonchev–Trinajstić information content (AvgIpc) is 2.50. The number of hydrogen-bond donors (Lipinski definition) is 2. The first-order valence-corrected chi connectivity index (χ1v) is 10.8. The Hall–Kier alpha value is -0.830. The Morgan fingerprint density at radius 2 is 1.88 bits per heavy atom. The van der Waals surface area contributed by atoms with Crippen LogP contribution in [0.5, 0.6) is 0 Å². The van der Waals surface area contributed by atoms with E-state index in [9.17, 15) is 8.42 Å². The summed E-state index contributed by atoms with van der Waals surface area (Å²) in [6.45, 7) is 4.19. The first-order chi connectivity index (χ1) is 11.5. The summed E-state index contributed by atoms with van der Waals surface area (Å²) < 4.78 is 22.4. The lowest BCUT2D eigenvalue weighted by atomic mass is 9.64. The summed E-state index contributed by atoms with van der Waals surface area (Å²) in [4.78, 5) is 4.76. The molecule has 0 aromatic heterocycles. The van der Waals surface area contributed by atoms with Crippen LogP contribution in [-0.2, 0) is 15.3 Å². The fourth-order valence-electron chi connectivity index (χ4n) is 3.05. The molecular formula is C18H30IN3O2S. The molecule has 0 saturated heterocycles.